The molecule has 3 rings (SSSR count). The van der Waals surface area contributed by atoms with Crippen molar-refractivity contribution in [3.05, 3.63) is 51.5 Å². The van der Waals surface area contributed by atoms with Crippen LogP contribution < -0.4 is 0 Å². The summed E-state index contributed by atoms with van der Waals surface area (Å²) in [6, 6.07) is 10.2. The minimum Gasteiger partial charge on any atom is -0.303 e. The van der Waals surface area contributed by atoms with Gasteiger partial charge in [0.15, 0.2) is 0 Å². The molecule has 0 spiro atoms. The fraction of sp³-hybridized carbons (Fsp3) is 0.375. The van der Waals surface area contributed by atoms with Crippen LogP contribution in [-0.2, 0) is 24.1 Å². The van der Waals surface area contributed by atoms with Crippen molar-refractivity contribution in [1.29, 1.82) is 0 Å². The first-order valence-electron chi connectivity index (χ1n) is 6.84. The van der Waals surface area contributed by atoms with Gasteiger partial charge in [-0.05, 0) is 37.7 Å². The van der Waals surface area contributed by atoms with Crippen LogP contribution in [0, 0.1) is 0 Å². The van der Waals surface area contributed by atoms with E-state index in [0.29, 0.717) is 0 Å². The van der Waals surface area contributed by atoms with Gasteiger partial charge in [0.05, 0.1) is 11.6 Å². The van der Waals surface area contributed by atoms with E-state index in [1.807, 2.05) is 18.2 Å². The van der Waals surface area contributed by atoms with E-state index in [0.717, 1.165) is 30.6 Å². The Hall–Kier alpha value is -1.48. The van der Waals surface area contributed by atoms with Crippen LogP contribution in [0.2, 0.25) is 0 Å². The second kappa shape index (κ2) is 5.66. The number of benzene rings is 1. The number of aromatic nitrogens is 1. The summed E-state index contributed by atoms with van der Waals surface area (Å²) in [4.78, 5) is 17.5. The molecule has 0 saturated carbocycles. The maximum atomic E-state index is 11.4. The normalized spacial score (nSPS) is 15.8. The summed E-state index contributed by atoms with van der Waals surface area (Å²) in [7, 11) is 0. The summed E-state index contributed by atoms with van der Waals surface area (Å²) < 4.78 is 0. The number of aldehydes is 1. The highest BCUT2D eigenvalue weighted by molar-refractivity contribution is 7.12. The number of aryl methyl sites for hydroxylation is 2. The lowest BCUT2D eigenvalue weighted by Crippen LogP contribution is -2.04. The predicted octanol–water partition coefficient (Wildman–Crippen LogP) is 3.55. The van der Waals surface area contributed by atoms with E-state index in [1.54, 1.807) is 11.3 Å². The fourth-order valence-corrected chi connectivity index (χ4v) is 3.80. The Morgan fingerprint density at radius 1 is 1.21 bits per heavy atom. The number of nitrogens with zero attached hydrogens (tertiary/aromatic N) is 1. The van der Waals surface area contributed by atoms with Crippen LogP contribution in [0.25, 0.3) is 0 Å². The zero-order valence-electron chi connectivity index (χ0n) is 10.8. The molecule has 1 aliphatic carbocycles. The number of thiazole rings is 1. The third-order valence-corrected chi connectivity index (χ3v) is 4.93. The van der Waals surface area contributed by atoms with E-state index >= 15 is 0 Å². The van der Waals surface area contributed by atoms with Crippen LogP contribution in [0.3, 0.4) is 0 Å². The van der Waals surface area contributed by atoms with E-state index in [2.05, 4.69) is 12.1 Å². The molecule has 0 fully saturated rings. The lowest BCUT2D eigenvalue weighted by molar-refractivity contribution is -0.109. The second-order valence-corrected chi connectivity index (χ2v) is 6.18. The highest BCUT2D eigenvalue weighted by Gasteiger charge is 2.20. The van der Waals surface area contributed by atoms with Gasteiger partial charge in [-0.1, -0.05) is 30.3 Å². The van der Waals surface area contributed by atoms with Gasteiger partial charge in [0.25, 0.3) is 0 Å². The molecule has 0 N–H and O–H groups in total. The van der Waals surface area contributed by atoms with Crippen LogP contribution in [-0.4, -0.2) is 11.3 Å². The first-order valence-corrected chi connectivity index (χ1v) is 7.66. The number of rotatable bonds is 4. The largest absolute Gasteiger partial charge is 0.303 e. The van der Waals surface area contributed by atoms with Gasteiger partial charge in [0, 0.05) is 4.88 Å². The molecule has 0 aliphatic heterocycles. The van der Waals surface area contributed by atoms with Gasteiger partial charge >= 0.3 is 0 Å². The molecular formula is C16H17NOS. The average Bonchev–Trinajstić information content (AvgIpc) is 2.89. The summed E-state index contributed by atoms with van der Waals surface area (Å²) in [5.74, 6) is -0.0852. The maximum absolute atomic E-state index is 11.4. The standard InChI is InChI=1S/C16H17NOS/c18-11-13(10-12-6-2-1-3-7-12)16-17-14-8-4-5-9-15(14)19-16/h1-3,6-7,11,13H,4-5,8-10H2. The Bertz CT molecular complexity index is 538. The molecule has 1 unspecified atom stereocenters. The van der Waals surface area contributed by atoms with Crippen molar-refractivity contribution in [3.63, 3.8) is 0 Å². The lowest BCUT2D eigenvalue weighted by Gasteiger charge is -2.07. The number of fused-ring (bicyclic) bond motifs is 1. The number of carbonyl (C=O) groups excluding carboxylic acids is 1. The Morgan fingerprint density at radius 3 is 2.74 bits per heavy atom. The maximum Gasteiger partial charge on any atom is 0.130 e. The Labute approximate surface area is 117 Å². The quantitative estimate of drug-likeness (QED) is 0.796. The number of hydrogen-bond acceptors (Lipinski definition) is 3. The van der Waals surface area contributed by atoms with E-state index < -0.39 is 0 Å². The van der Waals surface area contributed by atoms with E-state index in [4.69, 9.17) is 4.98 Å². The topological polar surface area (TPSA) is 30.0 Å². The molecular weight excluding hydrogens is 254 g/mol. The third-order valence-electron chi connectivity index (χ3n) is 3.64. The third kappa shape index (κ3) is 2.76. The molecule has 1 aromatic carbocycles. The zero-order chi connectivity index (χ0) is 13.1. The van der Waals surface area contributed by atoms with Gasteiger partial charge in [-0.15, -0.1) is 11.3 Å². The van der Waals surface area contributed by atoms with Gasteiger partial charge in [-0.25, -0.2) is 4.98 Å². The van der Waals surface area contributed by atoms with Gasteiger partial charge in [-0.2, -0.15) is 0 Å². The van der Waals surface area contributed by atoms with Crippen LogP contribution in [0.15, 0.2) is 30.3 Å². The number of carbonyl (C=O) groups is 1. The van der Waals surface area contributed by atoms with Crippen LogP contribution >= 0.6 is 11.3 Å². The van der Waals surface area contributed by atoms with Crippen molar-refractivity contribution in [1.82, 2.24) is 4.98 Å². The van der Waals surface area contributed by atoms with Crippen molar-refractivity contribution >= 4 is 17.6 Å². The molecule has 1 aromatic heterocycles. The molecule has 0 radical (unpaired) electrons. The van der Waals surface area contributed by atoms with Crippen LogP contribution in [0.4, 0.5) is 0 Å². The minimum atomic E-state index is -0.0852. The Balaban J connectivity index is 1.82. The van der Waals surface area contributed by atoms with Gasteiger partial charge in [0.1, 0.15) is 11.3 Å². The molecule has 2 nitrogen and oxygen atoms in total. The van der Waals surface area contributed by atoms with Gasteiger partial charge in [0.2, 0.25) is 0 Å². The lowest BCUT2D eigenvalue weighted by atomic mass is 10.0. The highest BCUT2D eigenvalue weighted by atomic mass is 32.1. The monoisotopic (exact) mass is 271 g/mol. The summed E-state index contributed by atoms with van der Waals surface area (Å²) >= 11 is 1.74. The zero-order valence-corrected chi connectivity index (χ0v) is 11.7. The molecule has 2 aromatic rings. The van der Waals surface area contributed by atoms with E-state index in [-0.39, 0.29) is 5.92 Å². The number of hydrogen-bond donors (Lipinski definition) is 0. The van der Waals surface area contributed by atoms with Gasteiger partial charge in [-0.3, -0.25) is 0 Å². The molecule has 1 heterocycles. The molecule has 19 heavy (non-hydrogen) atoms. The Kier molecular flexibility index (Phi) is 3.74. The molecule has 1 atom stereocenters. The average molecular weight is 271 g/mol. The summed E-state index contributed by atoms with van der Waals surface area (Å²) in [6.45, 7) is 0. The Morgan fingerprint density at radius 2 is 2.00 bits per heavy atom. The minimum absolute atomic E-state index is 0.0852. The SMILES string of the molecule is O=CC(Cc1ccccc1)c1nc2c(s1)CCCC2. The summed E-state index contributed by atoms with van der Waals surface area (Å²) in [5, 5.41) is 1.01. The second-order valence-electron chi connectivity index (χ2n) is 5.06. The highest BCUT2D eigenvalue weighted by Crippen LogP contribution is 2.31. The smallest absolute Gasteiger partial charge is 0.130 e. The summed E-state index contributed by atoms with van der Waals surface area (Å²) in [5.41, 5.74) is 2.44. The van der Waals surface area contributed by atoms with Crippen molar-refractivity contribution < 1.29 is 4.79 Å². The first-order chi connectivity index (χ1) is 9.36. The molecule has 0 bridgehead atoms. The molecule has 1 aliphatic rings. The van der Waals surface area contributed by atoms with E-state index in [1.165, 1.54) is 29.0 Å². The predicted molar refractivity (Wildman–Crippen MR) is 77.7 cm³/mol. The first kappa shape index (κ1) is 12.5. The van der Waals surface area contributed by atoms with Crippen LogP contribution in [0.5, 0.6) is 0 Å². The summed E-state index contributed by atoms with van der Waals surface area (Å²) in [6.07, 6.45) is 6.54. The van der Waals surface area contributed by atoms with Gasteiger partial charge < -0.3 is 4.79 Å². The van der Waals surface area contributed by atoms with Crippen molar-refractivity contribution in [2.45, 2.75) is 38.0 Å². The van der Waals surface area contributed by atoms with Crippen molar-refractivity contribution in [2.24, 2.45) is 0 Å². The van der Waals surface area contributed by atoms with Crippen molar-refractivity contribution in [2.75, 3.05) is 0 Å². The van der Waals surface area contributed by atoms with Crippen LogP contribution in [0.1, 0.15) is 39.9 Å². The fourth-order valence-electron chi connectivity index (χ4n) is 2.59. The molecule has 98 valence electrons. The molecule has 0 amide bonds. The molecule has 3 heteroatoms. The van der Waals surface area contributed by atoms with E-state index in [9.17, 15) is 4.79 Å². The molecule has 0 saturated heterocycles. The van der Waals surface area contributed by atoms with Crippen molar-refractivity contribution in [3.8, 4) is 0 Å².